The van der Waals surface area contributed by atoms with Gasteiger partial charge in [-0.2, -0.15) is 0 Å². The van der Waals surface area contributed by atoms with E-state index in [1.165, 1.54) is 12.8 Å². The molecule has 1 aliphatic rings. The third kappa shape index (κ3) is 4.92. The van der Waals surface area contributed by atoms with Gasteiger partial charge >= 0.3 is 0 Å². The van der Waals surface area contributed by atoms with E-state index >= 15 is 0 Å². The summed E-state index contributed by atoms with van der Waals surface area (Å²) in [6.45, 7) is 14.8. The van der Waals surface area contributed by atoms with Gasteiger partial charge in [-0.25, -0.2) is 0 Å². The normalized spacial score (nSPS) is 17.1. The predicted molar refractivity (Wildman–Crippen MR) is 97.8 cm³/mol. The van der Waals surface area contributed by atoms with Crippen LogP contribution in [0.5, 0.6) is 0 Å². The lowest BCUT2D eigenvalue weighted by atomic mass is 9.98. The topological polar surface area (TPSA) is 26.3 Å². The third-order valence-corrected chi connectivity index (χ3v) is 11.8. The fourth-order valence-corrected chi connectivity index (χ4v) is 10.1. The van der Waals surface area contributed by atoms with E-state index in [1.54, 1.807) is 0 Å². The van der Waals surface area contributed by atoms with Gasteiger partial charge in [0.25, 0.3) is 0 Å². The molecule has 22 heavy (non-hydrogen) atoms. The second-order valence-corrected chi connectivity index (χ2v) is 13.5. The fraction of sp³-hybridized carbons (Fsp3) is 0.947. The van der Waals surface area contributed by atoms with E-state index in [0.717, 1.165) is 38.7 Å². The number of Topliss-reactive ketones (excluding diaryl/α,β-unsaturated/α-hetero) is 1. The highest BCUT2D eigenvalue weighted by Gasteiger charge is 2.44. The zero-order valence-corrected chi connectivity index (χ0v) is 16.8. The molecule has 0 spiro atoms. The number of rotatable bonds is 10. The number of hydrogen-bond donors (Lipinski definition) is 0. The number of hydrogen-bond acceptors (Lipinski definition) is 2. The van der Waals surface area contributed by atoms with Crippen LogP contribution in [0.25, 0.3) is 0 Å². The lowest BCUT2D eigenvalue weighted by molar-refractivity contribution is -0.122. The Bertz CT molecular complexity index is 309. The molecule has 0 aromatic rings. The van der Waals surface area contributed by atoms with Crippen LogP contribution in [0.3, 0.4) is 0 Å². The highest BCUT2D eigenvalue weighted by Crippen LogP contribution is 2.42. The lowest BCUT2D eigenvalue weighted by Crippen LogP contribution is -2.47. The number of carbonyl (C=O) groups excluding carboxylic acids is 1. The summed E-state index contributed by atoms with van der Waals surface area (Å²) in [4.78, 5) is 12.1. The first-order valence-corrected chi connectivity index (χ1v) is 11.6. The van der Waals surface area contributed by atoms with Crippen molar-refractivity contribution in [1.82, 2.24) is 0 Å². The molecule has 0 heterocycles. The first-order valence-electron chi connectivity index (χ1n) is 9.49. The summed E-state index contributed by atoms with van der Waals surface area (Å²) in [6, 6.07) is 0. The van der Waals surface area contributed by atoms with Crippen LogP contribution in [0, 0.1) is 5.92 Å². The average Bonchev–Trinajstić information content (AvgIpc) is 2.95. The minimum atomic E-state index is -1.72. The monoisotopic (exact) mass is 326 g/mol. The van der Waals surface area contributed by atoms with Crippen LogP contribution in [0.2, 0.25) is 16.6 Å². The minimum absolute atomic E-state index is 0.386. The van der Waals surface area contributed by atoms with Gasteiger partial charge in [-0.1, -0.05) is 54.4 Å². The highest BCUT2D eigenvalue weighted by molar-refractivity contribution is 6.77. The number of unbranched alkanes of at least 4 members (excludes halogenated alkanes) is 1. The standard InChI is InChI=1S/C19H38O2Si/c1-15(2)22(16(3)4,17(5)6)21-14-10-9-13-19(20)18-11-7-8-12-18/h15-18H,7-14H2,1-6H3. The van der Waals surface area contributed by atoms with Gasteiger partial charge in [-0.3, -0.25) is 4.79 Å². The quantitative estimate of drug-likeness (QED) is 0.358. The second kappa shape index (κ2) is 9.22. The molecule has 1 fully saturated rings. The third-order valence-electron chi connectivity index (χ3n) is 5.69. The van der Waals surface area contributed by atoms with E-state index in [1.807, 2.05) is 0 Å². The number of ketones is 1. The maximum atomic E-state index is 12.1. The van der Waals surface area contributed by atoms with Crippen LogP contribution in [-0.2, 0) is 9.22 Å². The minimum Gasteiger partial charge on any atom is -0.416 e. The smallest absolute Gasteiger partial charge is 0.200 e. The van der Waals surface area contributed by atoms with Gasteiger partial charge < -0.3 is 4.43 Å². The molecule has 0 aromatic carbocycles. The van der Waals surface area contributed by atoms with E-state index < -0.39 is 8.32 Å². The van der Waals surface area contributed by atoms with Crippen LogP contribution < -0.4 is 0 Å². The average molecular weight is 327 g/mol. The molecule has 0 saturated heterocycles. The Balaban J connectivity index is 2.35. The zero-order chi connectivity index (χ0) is 16.8. The van der Waals surface area contributed by atoms with Crippen molar-refractivity contribution in [3.8, 4) is 0 Å². The van der Waals surface area contributed by atoms with Crippen molar-refractivity contribution in [2.24, 2.45) is 5.92 Å². The SMILES string of the molecule is CC(C)[Si](OCCCCC(=O)C1CCCC1)(C(C)C)C(C)C. The van der Waals surface area contributed by atoms with Crippen molar-refractivity contribution in [2.75, 3.05) is 6.61 Å². The van der Waals surface area contributed by atoms with Gasteiger partial charge in [-0.15, -0.1) is 0 Å². The Labute approximate surface area is 139 Å². The molecule has 0 amide bonds. The van der Waals surface area contributed by atoms with Crippen molar-refractivity contribution >= 4 is 14.1 Å². The summed E-state index contributed by atoms with van der Waals surface area (Å²) in [5.74, 6) is 0.897. The van der Waals surface area contributed by atoms with Crippen LogP contribution in [0.1, 0.15) is 86.5 Å². The molecular weight excluding hydrogens is 288 g/mol. The molecule has 0 N–H and O–H groups in total. The van der Waals surface area contributed by atoms with Crippen molar-refractivity contribution in [1.29, 1.82) is 0 Å². The first kappa shape index (κ1) is 19.9. The van der Waals surface area contributed by atoms with Gasteiger partial charge in [0.2, 0.25) is 0 Å². The molecule has 1 saturated carbocycles. The predicted octanol–water partition coefficient (Wildman–Crippen LogP) is 6.11. The molecule has 0 radical (unpaired) electrons. The van der Waals surface area contributed by atoms with Crippen LogP contribution in [-0.4, -0.2) is 20.7 Å². The van der Waals surface area contributed by atoms with Crippen molar-refractivity contribution < 1.29 is 9.22 Å². The van der Waals surface area contributed by atoms with Gasteiger partial charge in [-0.05, 0) is 42.3 Å². The Morgan fingerprint density at radius 3 is 1.91 bits per heavy atom. The molecule has 0 aromatic heterocycles. The van der Waals surface area contributed by atoms with Gasteiger partial charge in [0.05, 0.1) is 0 Å². The molecule has 0 aliphatic heterocycles. The summed E-state index contributed by atoms with van der Waals surface area (Å²) >= 11 is 0. The zero-order valence-electron chi connectivity index (χ0n) is 15.8. The summed E-state index contributed by atoms with van der Waals surface area (Å²) in [6.07, 6.45) is 7.61. The van der Waals surface area contributed by atoms with Gasteiger partial charge in [0, 0.05) is 18.9 Å². The van der Waals surface area contributed by atoms with Crippen molar-refractivity contribution in [2.45, 2.75) is 103 Å². The van der Waals surface area contributed by atoms with Crippen molar-refractivity contribution in [3.63, 3.8) is 0 Å². The molecule has 0 unspecified atom stereocenters. The molecule has 1 rings (SSSR count). The van der Waals surface area contributed by atoms with E-state index in [0.29, 0.717) is 28.3 Å². The Morgan fingerprint density at radius 2 is 1.45 bits per heavy atom. The van der Waals surface area contributed by atoms with Crippen LogP contribution in [0.4, 0.5) is 0 Å². The molecule has 0 bridgehead atoms. The van der Waals surface area contributed by atoms with Gasteiger partial charge in [0.15, 0.2) is 8.32 Å². The Hall–Kier alpha value is -0.153. The fourth-order valence-electron chi connectivity index (χ4n) is 4.60. The summed E-state index contributed by atoms with van der Waals surface area (Å²) in [5.41, 5.74) is 1.94. The lowest BCUT2D eigenvalue weighted by Gasteiger charge is -2.42. The Morgan fingerprint density at radius 1 is 0.955 bits per heavy atom. The summed E-state index contributed by atoms with van der Waals surface area (Å²) < 4.78 is 6.55. The maximum Gasteiger partial charge on any atom is 0.200 e. The Kier molecular flexibility index (Phi) is 8.33. The van der Waals surface area contributed by atoms with E-state index in [4.69, 9.17) is 4.43 Å². The molecule has 0 atom stereocenters. The molecule has 3 heteroatoms. The van der Waals surface area contributed by atoms with Crippen molar-refractivity contribution in [3.05, 3.63) is 0 Å². The first-order chi connectivity index (χ1) is 10.3. The van der Waals surface area contributed by atoms with Crippen LogP contribution >= 0.6 is 0 Å². The molecule has 2 nitrogen and oxygen atoms in total. The molecule has 1 aliphatic carbocycles. The number of carbonyl (C=O) groups is 1. The largest absolute Gasteiger partial charge is 0.416 e. The summed E-state index contributed by atoms with van der Waals surface area (Å²) in [5, 5.41) is 0. The van der Waals surface area contributed by atoms with Crippen LogP contribution in [0.15, 0.2) is 0 Å². The highest BCUT2D eigenvalue weighted by atomic mass is 28.4. The van der Waals surface area contributed by atoms with E-state index in [9.17, 15) is 4.79 Å². The maximum absolute atomic E-state index is 12.1. The van der Waals surface area contributed by atoms with E-state index in [2.05, 4.69) is 41.5 Å². The van der Waals surface area contributed by atoms with E-state index in [-0.39, 0.29) is 0 Å². The van der Waals surface area contributed by atoms with Gasteiger partial charge in [0.1, 0.15) is 5.78 Å². The summed E-state index contributed by atoms with van der Waals surface area (Å²) in [7, 11) is -1.72. The molecular formula is C19H38O2Si. The second-order valence-electron chi connectivity index (χ2n) is 8.07. The molecule has 130 valence electrons.